The molecule has 1 amide bonds. The second kappa shape index (κ2) is 10.1. The number of pyridine rings is 1. The number of aromatic nitrogens is 3. The molecule has 0 aliphatic carbocycles. The molecule has 9 heteroatoms. The quantitative estimate of drug-likeness (QED) is 0.409. The number of hydrogen-bond donors (Lipinski definition) is 0. The van der Waals surface area contributed by atoms with Gasteiger partial charge in [0.15, 0.2) is 17.3 Å². The third kappa shape index (κ3) is 4.47. The van der Waals surface area contributed by atoms with Gasteiger partial charge in [0.25, 0.3) is 5.91 Å². The minimum absolute atomic E-state index is 0.0516. The van der Waals surface area contributed by atoms with E-state index in [1.807, 2.05) is 59.5 Å². The van der Waals surface area contributed by atoms with Crippen molar-refractivity contribution in [1.29, 1.82) is 0 Å². The molecular weight excluding hydrogens is 458 g/mol. The van der Waals surface area contributed by atoms with E-state index in [2.05, 4.69) is 20.1 Å². The fourth-order valence-electron chi connectivity index (χ4n) is 4.36. The van der Waals surface area contributed by atoms with Crippen molar-refractivity contribution < 1.29 is 19.0 Å². The van der Waals surface area contributed by atoms with Crippen LogP contribution in [0.25, 0.3) is 22.2 Å². The average Bonchev–Trinajstić information content (AvgIpc) is 2.95. The van der Waals surface area contributed by atoms with Crippen LogP contribution in [-0.4, -0.2) is 73.5 Å². The van der Waals surface area contributed by atoms with Gasteiger partial charge in [0.2, 0.25) is 5.75 Å². The number of fused-ring (bicyclic) bond motifs is 1. The number of benzene rings is 2. The summed E-state index contributed by atoms with van der Waals surface area (Å²) in [6, 6.07) is 19.1. The second-order valence-electron chi connectivity index (χ2n) is 8.36. The predicted octanol–water partition coefficient (Wildman–Crippen LogP) is 3.68. The lowest BCUT2D eigenvalue weighted by Crippen LogP contribution is -2.49. The Bertz CT molecular complexity index is 1360. The van der Waals surface area contributed by atoms with Crippen LogP contribution in [0.15, 0.2) is 60.7 Å². The van der Waals surface area contributed by atoms with Crippen LogP contribution in [0.4, 0.5) is 5.82 Å². The monoisotopic (exact) mass is 485 g/mol. The van der Waals surface area contributed by atoms with E-state index >= 15 is 0 Å². The molecule has 0 spiro atoms. The number of amides is 1. The van der Waals surface area contributed by atoms with Crippen molar-refractivity contribution in [2.45, 2.75) is 0 Å². The summed E-state index contributed by atoms with van der Waals surface area (Å²) in [4.78, 5) is 21.5. The molecule has 4 aromatic rings. The number of anilines is 1. The van der Waals surface area contributed by atoms with Crippen molar-refractivity contribution in [3.63, 3.8) is 0 Å². The second-order valence-corrected chi connectivity index (χ2v) is 8.36. The molecule has 1 aliphatic heterocycles. The third-order valence-corrected chi connectivity index (χ3v) is 6.32. The number of methoxy groups -OCH3 is 3. The van der Waals surface area contributed by atoms with Gasteiger partial charge in [0.05, 0.1) is 32.5 Å². The zero-order valence-electron chi connectivity index (χ0n) is 20.5. The number of hydrogen-bond acceptors (Lipinski definition) is 8. The van der Waals surface area contributed by atoms with Crippen LogP contribution in [-0.2, 0) is 0 Å². The molecule has 0 radical (unpaired) electrons. The molecule has 3 heterocycles. The van der Waals surface area contributed by atoms with Gasteiger partial charge < -0.3 is 24.0 Å². The van der Waals surface area contributed by atoms with Crippen LogP contribution in [0.2, 0.25) is 0 Å². The first-order chi connectivity index (χ1) is 17.6. The van der Waals surface area contributed by atoms with Gasteiger partial charge in [-0.3, -0.25) is 4.79 Å². The zero-order valence-corrected chi connectivity index (χ0v) is 20.5. The summed E-state index contributed by atoms with van der Waals surface area (Å²) in [5.41, 5.74) is 2.79. The summed E-state index contributed by atoms with van der Waals surface area (Å²) < 4.78 is 16.3. The lowest BCUT2D eigenvalue weighted by molar-refractivity contribution is 0.0741. The first-order valence-electron chi connectivity index (χ1n) is 11.7. The van der Waals surface area contributed by atoms with Crippen LogP contribution < -0.4 is 19.1 Å². The van der Waals surface area contributed by atoms with E-state index in [9.17, 15) is 4.79 Å². The standard InChI is InChI=1S/C27H27N5O4/c1-34-23-16-19(17-24(35-2)26(23)36-3)21-10-11-25(30-29-21)31-12-14-32(15-13-31)27(33)22-9-8-18-6-4-5-7-20(18)28-22/h4-11,16-17H,12-15H2,1-3H3. The smallest absolute Gasteiger partial charge is 0.272 e. The van der Waals surface area contributed by atoms with Gasteiger partial charge in [-0.05, 0) is 36.4 Å². The molecule has 2 aromatic carbocycles. The van der Waals surface area contributed by atoms with E-state index in [1.54, 1.807) is 27.4 Å². The lowest BCUT2D eigenvalue weighted by Gasteiger charge is -2.35. The molecule has 0 N–H and O–H groups in total. The maximum atomic E-state index is 13.0. The number of carbonyl (C=O) groups excluding carboxylic acids is 1. The van der Waals surface area contributed by atoms with Crippen LogP contribution in [0, 0.1) is 0 Å². The van der Waals surface area contributed by atoms with Crippen molar-refractivity contribution in [3.05, 3.63) is 66.4 Å². The fourth-order valence-corrected chi connectivity index (χ4v) is 4.36. The molecule has 1 fully saturated rings. The number of piperazine rings is 1. The highest BCUT2D eigenvalue weighted by Crippen LogP contribution is 2.40. The number of rotatable bonds is 6. The molecule has 0 unspecified atom stereocenters. The van der Waals surface area contributed by atoms with Gasteiger partial charge in [-0.2, -0.15) is 0 Å². The van der Waals surface area contributed by atoms with Crippen molar-refractivity contribution in [2.24, 2.45) is 0 Å². The van der Waals surface area contributed by atoms with Crippen molar-refractivity contribution in [2.75, 3.05) is 52.4 Å². The fraction of sp³-hybridized carbons (Fsp3) is 0.259. The Kier molecular flexibility index (Phi) is 6.53. The van der Waals surface area contributed by atoms with E-state index in [-0.39, 0.29) is 5.91 Å². The molecule has 0 saturated carbocycles. The van der Waals surface area contributed by atoms with Gasteiger partial charge in [-0.1, -0.05) is 24.3 Å². The molecule has 0 bridgehead atoms. The molecule has 2 aromatic heterocycles. The molecule has 1 saturated heterocycles. The van der Waals surface area contributed by atoms with Crippen LogP contribution in [0.3, 0.4) is 0 Å². The summed E-state index contributed by atoms with van der Waals surface area (Å²) in [7, 11) is 4.73. The maximum Gasteiger partial charge on any atom is 0.272 e. The number of nitrogens with zero attached hydrogens (tertiary/aromatic N) is 5. The van der Waals surface area contributed by atoms with Crippen LogP contribution in [0.5, 0.6) is 17.2 Å². The topological polar surface area (TPSA) is 89.9 Å². The Morgan fingerprint density at radius 3 is 2.17 bits per heavy atom. The number of ether oxygens (including phenoxy) is 3. The van der Waals surface area contributed by atoms with Gasteiger partial charge in [-0.25, -0.2) is 4.98 Å². The van der Waals surface area contributed by atoms with E-state index in [1.165, 1.54) is 0 Å². The first-order valence-corrected chi connectivity index (χ1v) is 11.7. The van der Waals surface area contributed by atoms with Crippen molar-refractivity contribution in [1.82, 2.24) is 20.1 Å². The molecule has 5 rings (SSSR count). The van der Waals surface area contributed by atoms with Crippen LogP contribution >= 0.6 is 0 Å². The van der Waals surface area contributed by atoms with Crippen LogP contribution in [0.1, 0.15) is 10.5 Å². The Balaban J connectivity index is 1.26. The highest BCUT2D eigenvalue weighted by molar-refractivity contribution is 5.95. The molecule has 0 atom stereocenters. The van der Waals surface area contributed by atoms with E-state index in [0.29, 0.717) is 54.8 Å². The summed E-state index contributed by atoms with van der Waals surface area (Å²) in [5.74, 6) is 2.35. The molecule has 1 aliphatic rings. The summed E-state index contributed by atoms with van der Waals surface area (Å²) >= 11 is 0. The lowest BCUT2D eigenvalue weighted by atomic mass is 10.1. The summed E-state index contributed by atoms with van der Waals surface area (Å²) in [6.45, 7) is 2.50. The maximum absolute atomic E-state index is 13.0. The van der Waals surface area contributed by atoms with E-state index in [4.69, 9.17) is 14.2 Å². The van der Waals surface area contributed by atoms with Gasteiger partial charge in [0.1, 0.15) is 5.69 Å². The average molecular weight is 486 g/mol. The minimum atomic E-state index is -0.0516. The highest BCUT2D eigenvalue weighted by atomic mass is 16.5. The van der Waals surface area contributed by atoms with Gasteiger partial charge >= 0.3 is 0 Å². The van der Waals surface area contributed by atoms with Crippen molar-refractivity contribution in [3.8, 4) is 28.5 Å². The molecular formula is C27H27N5O4. The predicted molar refractivity (Wildman–Crippen MR) is 137 cm³/mol. The Labute approximate surface area is 209 Å². The zero-order chi connectivity index (χ0) is 25.1. The van der Waals surface area contributed by atoms with Gasteiger partial charge in [0, 0.05) is 37.1 Å². The van der Waals surface area contributed by atoms with Crippen molar-refractivity contribution >= 4 is 22.6 Å². The number of carbonyl (C=O) groups is 1. The SMILES string of the molecule is COc1cc(-c2ccc(N3CCN(C(=O)c4ccc5ccccc5n4)CC3)nn2)cc(OC)c1OC. The molecule has 9 nitrogen and oxygen atoms in total. The number of para-hydroxylation sites is 1. The first kappa shape index (κ1) is 23.3. The Morgan fingerprint density at radius 2 is 1.53 bits per heavy atom. The third-order valence-electron chi connectivity index (χ3n) is 6.32. The van der Waals surface area contributed by atoms with Gasteiger partial charge in [-0.15, -0.1) is 10.2 Å². The highest BCUT2D eigenvalue weighted by Gasteiger charge is 2.24. The molecule has 184 valence electrons. The molecule has 36 heavy (non-hydrogen) atoms. The normalized spacial score (nSPS) is 13.5. The summed E-state index contributed by atoms with van der Waals surface area (Å²) in [5, 5.41) is 9.89. The van der Waals surface area contributed by atoms with E-state index < -0.39 is 0 Å². The minimum Gasteiger partial charge on any atom is -0.493 e. The Morgan fingerprint density at radius 1 is 0.806 bits per heavy atom. The van der Waals surface area contributed by atoms with E-state index in [0.717, 1.165) is 22.3 Å². The Hall–Kier alpha value is -4.40. The largest absolute Gasteiger partial charge is 0.493 e. The summed E-state index contributed by atoms with van der Waals surface area (Å²) in [6.07, 6.45) is 0.